The minimum Gasteiger partial charge on any atom is -0.507 e. The van der Waals surface area contributed by atoms with E-state index in [2.05, 4.69) is 17.1 Å². The highest BCUT2D eigenvalue weighted by atomic mass is 16.5. The van der Waals surface area contributed by atoms with E-state index < -0.39 is 0 Å². The van der Waals surface area contributed by atoms with Crippen molar-refractivity contribution < 1.29 is 14.6 Å². The first kappa shape index (κ1) is 21.9. The number of aryl methyl sites for hydroxylation is 2. The van der Waals surface area contributed by atoms with Crippen LogP contribution in [0.4, 0.5) is 0 Å². The second kappa shape index (κ2) is 9.07. The monoisotopic (exact) mass is 433 g/mol. The molecule has 0 fully saturated rings. The Hall–Kier alpha value is -3.28. The molecule has 1 aliphatic rings. The molecule has 1 unspecified atom stereocenters. The van der Waals surface area contributed by atoms with E-state index in [0.29, 0.717) is 30.1 Å². The number of hydrogen-bond acceptors (Lipinski definition) is 4. The highest BCUT2D eigenvalue weighted by molar-refractivity contribution is 6.00. The van der Waals surface area contributed by atoms with E-state index in [-0.39, 0.29) is 17.7 Å². The van der Waals surface area contributed by atoms with Gasteiger partial charge in [0.05, 0.1) is 12.6 Å². The van der Waals surface area contributed by atoms with Gasteiger partial charge in [0.25, 0.3) is 5.91 Å². The molecule has 0 spiro atoms. The molecule has 0 bridgehead atoms. The molecule has 1 amide bonds. The number of nitrogens with zero attached hydrogens (tertiary/aromatic N) is 2. The molecule has 2 N–H and O–H groups in total. The number of aromatic amines is 1. The third-order valence-electron chi connectivity index (χ3n) is 6.05. The number of unbranched alkanes of at least 4 members (excludes halogenated alkanes) is 2. The average molecular weight is 434 g/mol. The van der Waals surface area contributed by atoms with Crippen molar-refractivity contribution in [3.8, 4) is 22.8 Å². The van der Waals surface area contributed by atoms with E-state index in [1.807, 2.05) is 62.1 Å². The number of phenolic OH excluding ortho intramolecular Hbond substituents is 1. The summed E-state index contributed by atoms with van der Waals surface area (Å²) in [6, 6.07) is 11.5. The van der Waals surface area contributed by atoms with Crippen LogP contribution in [0.2, 0.25) is 0 Å². The van der Waals surface area contributed by atoms with Gasteiger partial charge in [-0.1, -0.05) is 38.0 Å². The number of amides is 1. The van der Waals surface area contributed by atoms with Crippen molar-refractivity contribution in [2.75, 3.05) is 13.2 Å². The first-order valence-corrected chi connectivity index (χ1v) is 11.4. The van der Waals surface area contributed by atoms with Crippen LogP contribution in [0.15, 0.2) is 36.4 Å². The highest BCUT2D eigenvalue weighted by Crippen LogP contribution is 2.45. The van der Waals surface area contributed by atoms with Crippen molar-refractivity contribution in [3.63, 3.8) is 0 Å². The maximum atomic E-state index is 13.4. The molecule has 6 nitrogen and oxygen atoms in total. The minimum atomic E-state index is -0.288. The van der Waals surface area contributed by atoms with Gasteiger partial charge in [0.2, 0.25) is 0 Å². The predicted octanol–water partition coefficient (Wildman–Crippen LogP) is 5.53. The first-order chi connectivity index (χ1) is 15.5. The lowest BCUT2D eigenvalue weighted by Gasteiger charge is -2.27. The summed E-state index contributed by atoms with van der Waals surface area (Å²) in [5, 5.41) is 18.3. The number of aromatic nitrogens is 2. The van der Waals surface area contributed by atoms with E-state index >= 15 is 0 Å². The molecule has 6 heteroatoms. The number of carbonyl (C=O) groups excluding carboxylic acids is 1. The number of aromatic hydroxyl groups is 1. The van der Waals surface area contributed by atoms with Gasteiger partial charge in [-0.05, 0) is 62.1 Å². The lowest BCUT2D eigenvalue weighted by atomic mass is 9.94. The molecule has 4 rings (SSSR count). The molecule has 2 heterocycles. The number of rotatable bonds is 8. The van der Waals surface area contributed by atoms with Crippen LogP contribution >= 0.6 is 0 Å². The Morgan fingerprint density at radius 2 is 1.97 bits per heavy atom. The largest absolute Gasteiger partial charge is 0.507 e. The molecule has 168 valence electrons. The van der Waals surface area contributed by atoms with Crippen molar-refractivity contribution in [2.45, 2.75) is 53.0 Å². The van der Waals surface area contributed by atoms with Crippen LogP contribution in [-0.2, 0) is 0 Å². The van der Waals surface area contributed by atoms with E-state index in [1.165, 1.54) is 0 Å². The molecular weight excluding hydrogens is 402 g/mol. The highest BCUT2D eigenvalue weighted by Gasteiger charge is 2.42. The zero-order chi connectivity index (χ0) is 22.8. The second-order valence-electron chi connectivity index (χ2n) is 8.45. The lowest BCUT2D eigenvalue weighted by molar-refractivity contribution is 0.0740. The maximum Gasteiger partial charge on any atom is 0.273 e. The van der Waals surface area contributed by atoms with Crippen molar-refractivity contribution >= 4 is 5.91 Å². The normalized spacial score (nSPS) is 15.3. The third-order valence-corrected chi connectivity index (χ3v) is 6.05. The first-order valence-electron chi connectivity index (χ1n) is 11.4. The molecule has 3 aromatic rings. The smallest absolute Gasteiger partial charge is 0.273 e. The minimum absolute atomic E-state index is 0.0504. The van der Waals surface area contributed by atoms with Crippen LogP contribution < -0.4 is 4.74 Å². The molecule has 2 aromatic carbocycles. The number of fused-ring (bicyclic) bond motifs is 1. The molecular formula is C26H31N3O3. The Morgan fingerprint density at radius 3 is 2.72 bits per heavy atom. The summed E-state index contributed by atoms with van der Waals surface area (Å²) in [6.45, 7) is 9.22. The van der Waals surface area contributed by atoms with Gasteiger partial charge in [-0.3, -0.25) is 9.89 Å². The molecule has 32 heavy (non-hydrogen) atoms. The van der Waals surface area contributed by atoms with Crippen LogP contribution in [0.25, 0.3) is 11.3 Å². The van der Waals surface area contributed by atoms with E-state index in [4.69, 9.17) is 4.74 Å². The Labute approximate surface area is 189 Å². The summed E-state index contributed by atoms with van der Waals surface area (Å²) < 4.78 is 5.73. The van der Waals surface area contributed by atoms with E-state index in [9.17, 15) is 9.90 Å². The molecule has 1 aromatic heterocycles. The predicted molar refractivity (Wildman–Crippen MR) is 125 cm³/mol. The number of carbonyl (C=O) groups is 1. The lowest BCUT2D eigenvalue weighted by Crippen LogP contribution is -2.30. The Balaban J connectivity index is 1.87. The second-order valence-corrected chi connectivity index (χ2v) is 8.45. The fourth-order valence-corrected chi connectivity index (χ4v) is 4.59. The fraction of sp³-hybridized carbons (Fsp3) is 0.385. The zero-order valence-electron chi connectivity index (χ0n) is 19.2. The summed E-state index contributed by atoms with van der Waals surface area (Å²) in [6.07, 6.45) is 3.08. The SMILES string of the molecule is CCCCCN1C(=O)c2[nH]nc(-c3cc(C)cc(C)c3O)c2C1c1cccc(OCC)c1. The van der Waals surface area contributed by atoms with E-state index in [0.717, 1.165) is 47.3 Å². The van der Waals surface area contributed by atoms with E-state index in [1.54, 1.807) is 0 Å². The standard InChI is InChI=1S/C26H31N3O3/c1-5-7-8-12-29-24(18-10-9-11-19(15-18)32-6-2)21-22(27-28-23(21)26(29)31)20-14-16(3)13-17(4)25(20)30/h9-11,13-15,24,30H,5-8,12H2,1-4H3,(H,27,28). The Kier molecular flexibility index (Phi) is 6.21. The fourth-order valence-electron chi connectivity index (χ4n) is 4.59. The molecule has 0 saturated carbocycles. The van der Waals surface area contributed by atoms with Gasteiger partial charge in [-0.15, -0.1) is 0 Å². The van der Waals surface area contributed by atoms with Crippen LogP contribution in [0.3, 0.4) is 0 Å². The number of nitrogens with one attached hydrogen (secondary N) is 1. The van der Waals surface area contributed by atoms with Crippen molar-refractivity contribution in [1.82, 2.24) is 15.1 Å². The number of ether oxygens (including phenoxy) is 1. The van der Waals surface area contributed by atoms with Gasteiger partial charge in [-0.2, -0.15) is 5.10 Å². The topological polar surface area (TPSA) is 78.5 Å². The summed E-state index contributed by atoms with van der Waals surface area (Å²) in [5.41, 5.74) is 5.40. The molecule has 0 saturated heterocycles. The summed E-state index contributed by atoms with van der Waals surface area (Å²) in [7, 11) is 0. The van der Waals surface area contributed by atoms with Gasteiger partial charge in [0.1, 0.15) is 22.9 Å². The van der Waals surface area contributed by atoms with Gasteiger partial charge in [0.15, 0.2) is 0 Å². The summed E-state index contributed by atoms with van der Waals surface area (Å²) in [4.78, 5) is 15.3. The van der Waals surface area contributed by atoms with Crippen molar-refractivity contribution in [1.29, 1.82) is 0 Å². The van der Waals surface area contributed by atoms with Gasteiger partial charge >= 0.3 is 0 Å². The van der Waals surface area contributed by atoms with Crippen LogP contribution in [0.5, 0.6) is 11.5 Å². The van der Waals surface area contributed by atoms with Crippen LogP contribution in [-0.4, -0.2) is 39.3 Å². The van der Waals surface area contributed by atoms with Crippen LogP contribution in [0.1, 0.15) is 71.9 Å². The number of hydrogen-bond donors (Lipinski definition) is 2. The van der Waals surface area contributed by atoms with Gasteiger partial charge < -0.3 is 14.7 Å². The van der Waals surface area contributed by atoms with Crippen molar-refractivity contribution in [3.05, 3.63) is 64.3 Å². The van der Waals surface area contributed by atoms with Crippen LogP contribution in [0, 0.1) is 13.8 Å². The van der Waals surface area contributed by atoms with Gasteiger partial charge in [-0.25, -0.2) is 0 Å². The van der Waals surface area contributed by atoms with Gasteiger partial charge in [0, 0.05) is 17.7 Å². The number of phenols is 1. The molecule has 1 aliphatic heterocycles. The molecule has 0 radical (unpaired) electrons. The molecule has 0 aliphatic carbocycles. The average Bonchev–Trinajstić information content (AvgIpc) is 3.31. The molecule has 1 atom stereocenters. The summed E-state index contributed by atoms with van der Waals surface area (Å²) >= 11 is 0. The number of H-pyrrole nitrogens is 1. The number of benzene rings is 2. The Bertz CT molecular complexity index is 1140. The van der Waals surface area contributed by atoms with Crippen molar-refractivity contribution in [2.24, 2.45) is 0 Å². The summed E-state index contributed by atoms with van der Waals surface area (Å²) in [5.74, 6) is 0.924. The maximum absolute atomic E-state index is 13.4. The zero-order valence-corrected chi connectivity index (χ0v) is 19.2. The Morgan fingerprint density at radius 1 is 1.16 bits per heavy atom. The quantitative estimate of drug-likeness (QED) is 0.458. The third kappa shape index (κ3) is 3.85.